The number of hydrogen-bond acceptors (Lipinski definition) is 4. The van der Waals surface area contributed by atoms with E-state index in [0.717, 1.165) is 12.1 Å². The molecule has 0 aromatic heterocycles. The number of non-ortho nitro benzene ring substituents is 1. The fourth-order valence-corrected chi connectivity index (χ4v) is 2.44. The number of rotatable bonds is 5. The van der Waals surface area contributed by atoms with Crippen LogP contribution in [0.5, 0.6) is 0 Å². The van der Waals surface area contributed by atoms with Crippen molar-refractivity contribution in [2.75, 3.05) is 5.32 Å². The summed E-state index contributed by atoms with van der Waals surface area (Å²) >= 11 is 5.13. The first-order valence-electron chi connectivity index (χ1n) is 7.87. The van der Waals surface area contributed by atoms with Gasteiger partial charge in [-0.3, -0.25) is 20.2 Å². The molecule has 0 spiro atoms. The van der Waals surface area contributed by atoms with E-state index in [1.807, 2.05) is 24.3 Å². The zero-order valence-corrected chi connectivity index (χ0v) is 14.8. The summed E-state index contributed by atoms with van der Waals surface area (Å²) in [4.78, 5) is 22.4. The summed E-state index contributed by atoms with van der Waals surface area (Å²) < 4.78 is 0. The molecule has 7 heteroatoms. The van der Waals surface area contributed by atoms with Crippen LogP contribution in [-0.2, 0) is 0 Å². The van der Waals surface area contributed by atoms with Gasteiger partial charge in [-0.05, 0) is 48.3 Å². The molecule has 0 bridgehead atoms. The SMILES string of the molecule is CCC(C)c1ccc(NC(=S)NC(=O)c2cccc([N+](=O)[O-])c2)cc1. The molecule has 130 valence electrons. The highest BCUT2D eigenvalue weighted by molar-refractivity contribution is 7.80. The van der Waals surface area contributed by atoms with Crippen LogP contribution in [0.4, 0.5) is 11.4 Å². The fourth-order valence-electron chi connectivity index (χ4n) is 2.23. The maximum absolute atomic E-state index is 12.1. The molecule has 0 fully saturated rings. The second-order valence-corrected chi connectivity index (χ2v) is 6.06. The van der Waals surface area contributed by atoms with Gasteiger partial charge in [-0.25, -0.2) is 0 Å². The van der Waals surface area contributed by atoms with Crippen molar-refractivity contribution in [2.45, 2.75) is 26.2 Å². The van der Waals surface area contributed by atoms with Crippen molar-refractivity contribution in [2.24, 2.45) is 0 Å². The lowest BCUT2D eigenvalue weighted by Crippen LogP contribution is -2.34. The molecule has 1 atom stereocenters. The van der Waals surface area contributed by atoms with Crippen LogP contribution in [0, 0.1) is 10.1 Å². The van der Waals surface area contributed by atoms with E-state index in [-0.39, 0.29) is 16.4 Å². The number of anilines is 1. The molecule has 25 heavy (non-hydrogen) atoms. The molecule has 1 amide bonds. The molecule has 1 unspecified atom stereocenters. The molecular weight excluding hydrogens is 338 g/mol. The van der Waals surface area contributed by atoms with Gasteiger partial charge in [0.2, 0.25) is 0 Å². The molecule has 0 aliphatic heterocycles. The first-order chi connectivity index (χ1) is 11.9. The summed E-state index contributed by atoms with van der Waals surface area (Å²) in [5.74, 6) is -0.0213. The van der Waals surface area contributed by atoms with Crippen LogP contribution in [0.2, 0.25) is 0 Å². The molecular formula is C18H19N3O3S. The van der Waals surface area contributed by atoms with Crippen molar-refractivity contribution in [1.82, 2.24) is 5.32 Å². The van der Waals surface area contributed by atoms with Crippen LogP contribution >= 0.6 is 12.2 Å². The van der Waals surface area contributed by atoms with Crippen LogP contribution in [-0.4, -0.2) is 15.9 Å². The quantitative estimate of drug-likeness (QED) is 0.475. The first-order valence-corrected chi connectivity index (χ1v) is 8.28. The standard InChI is InChI=1S/C18H19N3O3S/c1-3-12(2)13-7-9-15(10-8-13)19-18(25)20-17(22)14-5-4-6-16(11-14)21(23)24/h4-12H,3H2,1-2H3,(H2,19,20,22,25). The molecule has 2 N–H and O–H groups in total. The third-order valence-electron chi connectivity index (χ3n) is 3.90. The zero-order chi connectivity index (χ0) is 18.4. The number of amides is 1. The van der Waals surface area contributed by atoms with E-state index in [9.17, 15) is 14.9 Å². The number of thiocarbonyl (C=S) groups is 1. The zero-order valence-electron chi connectivity index (χ0n) is 14.0. The Balaban J connectivity index is 1.99. The first kappa shape index (κ1) is 18.5. The maximum atomic E-state index is 12.1. The smallest absolute Gasteiger partial charge is 0.270 e. The number of carbonyl (C=O) groups excluding carboxylic acids is 1. The van der Waals surface area contributed by atoms with E-state index in [2.05, 4.69) is 24.5 Å². The van der Waals surface area contributed by atoms with Gasteiger partial charge in [0.1, 0.15) is 0 Å². The predicted octanol–water partition coefficient (Wildman–Crippen LogP) is 4.24. The van der Waals surface area contributed by atoms with Crippen molar-refractivity contribution in [3.8, 4) is 0 Å². The van der Waals surface area contributed by atoms with Crippen LogP contribution in [0.15, 0.2) is 48.5 Å². The Kier molecular flexibility index (Phi) is 6.19. The Bertz CT molecular complexity index is 790. The number of carbonyl (C=O) groups is 1. The highest BCUT2D eigenvalue weighted by Gasteiger charge is 2.12. The van der Waals surface area contributed by atoms with Gasteiger partial charge in [0.05, 0.1) is 4.92 Å². The molecule has 0 heterocycles. The van der Waals surface area contributed by atoms with Crippen molar-refractivity contribution in [3.63, 3.8) is 0 Å². The van der Waals surface area contributed by atoms with E-state index in [1.165, 1.54) is 29.8 Å². The van der Waals surface area contributed by atoms with E-state index < -0.39 is 10.8 Å². The van der Waals surface area contributed by atoms with Gasteiger partial charge < -0.3 is 5.32 Å². The Morgan fingerprint density at radius 3 is 2.52 bits per heavy atom. The van der Waals surface area contributed by atoms with Crippen LogP contribution < -0.4 is 10.6 Å². The molecule has 0 radical (unpaired) electrons. The summed E-state index contributed by atoms with van der Waals surface area (Å²) in [6.07, 6.45) is 1.06. The number of nitrogens with one attached hydrogen (secondary N) is 2. The van der Waals surface area contributed by atoms with E-state index in [0.29, 0.717) is 5.92 Å². The molecule has 2 rings (SSSR count). The molecule has 0 aliphatic rings. The van der Waals surface area contributed by atoms with Crippen LogP contribution in [0.1, 0.15) is 42.1 Å². The third kappa shape index (κ3) is 5.09. The summed E-state index contributed by atoms with van der Waals surface area (Å²) in [5, 5.41) is 16.4. The minimum atomic E-state index is -0.549. The number of nitro benzene ring substituents is 1. The van der Waals surface area contributed by atoms with E-state index in [1.54, 1.807) is 0 Å². The van der Waals surface area contributed by atoms with E-state index in [4.69, 9.17) is 12.2 Å². The van der Waals surface area contributed by atoms with Crippen molar-refractivity contribution < 1.29 is 9.72 Å². The molecule has 0 saturated carbocycles. The monoisotopic (exact) mass is 357 g/mol. The third-order valence-corrected chi connectivity index (χ3v) is 4.10. The maximum Gasteiger partial charge on any atom is 0.270 e. The van der Waals surface area contributed by atoms with Crippen molar-refractivity contribution >= 4 is 34.6 Å². The van der Waals surface area contributed by atoms with Crippen molar-refractivity contribution in [1.29, 1.82) is 0 Å². The van der Waals surface area contributed by atoms with Gasteiger partial charge >= 0.3 is 0 Å². The average Bonchev–Trinajstić information content (AvgIpc) is 2.61. The van der Waals surface area contributed by atoms with Gasteiger partial charge in [-0.2, -0.15) is 0 Å². The number of hydrogen-bond donors (Lipinski definition) is 2. The lowest BCUT2D eigenvalue weighted by molar-refractivity contribution is -0.384. The minimum absolute atomic E-state index is 0.132. The molecule has 2 aromatic carbocycles. The topological polar surface area (TPSA) is 84.3 Å². The lowest BCUT2D eigenvalue weighted by Gasteiger charge is -2.12. The summed E-state index contributed by atoms with van der Waals surface area (Å²) in [6, 6.07) is 13.3. The highest BCUT2D eigenvalue weighted by Crippen LogP contribution is 2.20. The molecule has 6 nitrogen and oxygen atoms in total. The molecule has 0 saturated heterocycles. The molecule has 2 aromatic rings. The number of nitrogens with zero attached hydrogens (tertiary/aromatic N) is 1. The van der Waals surface area contributed by atoms with Crippen LogP contribution in [0.25, 0.3) is 0 Å². The van der Waals surface area contributed by atoms with E-state index >= 15 is 0 Å². The Hall–Kier alpha value is -2.80. The van der Waals surface area contributed by atoms with Crippen molar-refractivity contribution in [3.05, 3.63) is 69.8 Å². The summed E-state index contributed by atoms with van der Waals surface area (Å²) in [5.41, 5.74) is 2.02. The molecule has 0 aliphatic carbocycles. The Morgan fingerprint density at radius 2 is 1.92 bits per heavy atom. The van der Waals surface area contributed by atoms with Gasteiger partial charge in [-0.15, -0.1) is 0 Å². The van der Waals surface area contributed by atoms with Gasteiger partial charge in [0.25, 0.3) is 11.6 Å². The Morgan fingerprint density at radius 1 is 1.24 bits per heavy atom. The highest BCUT2D eigenvalue weighted by atomic mass is 32.1. The summed E-state index contributed by atoms with van der Waals surface area (Å²) in [7, 11) is 0. The second-order valence-electron chi connectivity index (χ2n) is 5.65. The number of benzene rings is 2. The summed E-state index contributed by atoms with van der Waals surface area (Å²) in [6.45, 7) is 4.29. The van der Waals surface area contributed by atoms with Gasteiger partial charge in [0.15, 0.2) is 5.11 Å². The van der Waals surface area contributed by atoms with Gasteiger partial charge in [0, 0.05) is 23.4 Å². The lowest BCUT2D eigenvalue weighted by atomic mass is 9.99. The largest absolute Gasteiger partial charge is 0.332 e. The minimum Gasteiger partial charge on any atom is -0.332 e. The second kappa shape index (κ2) is 8.34. The number of nitro groups is 1. The van der Waals surface area contributed by atoms with Crippen LogP contribution in [0.3, 0.4) is 0 Å². The fraction of sp³-hybridized carbons (Fsp3) is 0.222. The average molecular weight is 357 g/mol. The normalized spacial score (nSPS) is 11.4. The predicted molar refractivity (Wildman–Crippen MR) is 102 cm³/mol. The Labute approximate surface area is 151 Å². The van der Waals surface area contributed by atoms with Gasteiger partial charge in [-0.1, -0.05) is 32.0 Å².